The lowest BCUT2D eigenvalue weighted by molar-refractivity contribution is 0.669. The predicted octanol–water partition coefficient (Wildman–Crippen LogP) is 11.6. The summed E-state index contributed by atoms with van der Waals surface area (Å²) in [5, 5.41) is 11.5. The highest BCUT2D eigenvalue weighted by Crippen LogP contribution is 2.39. The van der Waals surface area contributed by atoms with Gasteiger partial charge in [-0.05, 0) is 69.8 Å². The van der Waals surface area contributed by atoms with Gasteiger partial charge in [0, 0.05) is 27.5 Å². The average molecular weight is 653 g/mol. The van der Waals surface area contributed by atoms with Crippen LogP contribution in [0.25, 0.3) is 89.5 Å². The predicted molar refractivity (Wildman–Crippen MR) is 204 cm³/mol. The van der Waals surface area contributed by atoms with Gasteiger partial charge < -0.3 is 4.42 Å². The van der Waals surface area contributed by atoms with Crippen molar-refractivity contribution in [1.82, 2.24) is 15.0 Å². The minimum atomic E-state index is 0.557. The number of hydrogen-bond acceptors (Lipinski definition) is 5. The second-order valence-corrected chi connectivity index (χ2v) is 12.3. The van der Waals surface area contributed by atoms with Crippen molar-refractivity contribution in [3.63, 3.8) is 0 Å². The number of nitrogens with zero attached hydrogens (tertiary/aromatic N) is 4. The van der Waals surface area contributed by atoms with E-state index < -0.39 is 0 Å². The minimum absolute atomic E-state index is 0.557. The lowest BCUT2D eigenvalue weighted by Gasteiger charge is -2.14. The van der Waals surface area contributed by atoms with Crippen LogP contribution in [0.2, 0.25) is 0 Å². The topological polar surface area (TPSA) is 75.6 Å². The fraction of sp³-hybridized carbons (Fsp3) is 0. The summed E-state index contributed by atoms with van der Waals surface area (Å²) in [7, 11) is 0. The van der Waals surface area contributed by atoms with Gasteiger partial charge >= 0.3 is 0 Å². The molecule has 0 radical (unpaired) electrons. The monoisotopic (exact) mass is 652 g/mol. The van der Waals surface area contributed by atoms with Gasteiger partial charge in [-0.2, -0.15) is 5.26 Å². The summed E-state index contributed by atoms with van der Waals surface area (Å²) in [6, 6.07) is 59.3. The van der Waals surface area contributed by atoms with Crippen LogP contribution in [0.4, 0.5) is 0 Å². The van der Waals surface area contributed by atoms with Crippen LogP contribution in [0.1, 0.15) is 5.56 Å². The molecule has 0 aliphatic carbocycles. The zero-order chi connectivity index (χ0) is 34.1. The Hall–Kier alpha value is -7.16. The van der Waals surface area contributed by atoms with E-state index in [1.165, 1.54) is 0 Å². The second kappa shape index (κ2) is 12.7. The molecule has 0 aliphatic rings. The molecule has 5 nitrogen and oxygen atoms in total. The molecule has 5 heteroatoms. The van der Waals surface area contributed by atoms with E-state index in [4.69, 9.17) is 19.4 Å². The fourth-order valence-electron chi connectivity index (χ4n) is 6.69. The molecule has 0 atom stereocenters. The van der Waals surface area contributed by atoms with E-state index in [0.717, 1.165) is 72.0 Å². The second-order valence-electron chi connectivity index (χ2n) is 12.3. The zero-order valence-electron chi connectivity index (χ0n) is 27.4. The van der Waals surface area contributed by atoms with Gasteiger partial charge in [0.25, 0.3) is 0 Å². The number of fused-ring (bicyclic) bond motifs is 3. The van der Waals surface area contributed by atoms with Crippen molar-refractivity contribution in [3.8, 4) is 73.6 Å². The molecule has 0 N–H and O–H groups in total. The third-order valence-electron chi connectivity index (χ3n) is 9.20. The average Bonchev–Trinajstić information content (AvgIpc) is 3.60. The van der Waals surface area contributed by atoms with E-state index in [-0.39, 0.29) is 0 Å². The minimum Gasteiger partial charge on any atom is -0.456 e. The lowest BCUT2D eigenvalue weighted by atomic mass is 9.92. The van der Waals surface area contributed by atoms with Crippen molar-refractivity contribution in [3.05, 3.63) is 175 Å². The SMILES string of the molecule is N#Cc1ccc(-c2ccc(-c3nc(-c4ccccc4)nc(-c4ccc5c(c4)oc4cccc(-c6ccccc6)c45)n3)cc2-c2ccccc2)cc1. The number of furan rings is 1. The molecule has 0 aliphatic heterocycles. The Kier molecular flexibility index (Phi) is 7.46. The Morgan fingerprint density at radius 1 is 0.392 bits per heavy atom. The first-order chi connectivity index (χ1) is 25.2. The summed E-state index contributed by atoms with van der Waals surface area (Å²) in [5.41, 5.74) is 11.3. The summed E-state index contributed by atoms with van der Waals surface area (Å²) < 4.78 is 6.45. The van der Waals surface area contributed by atoms with Crippen LogP contribution in [-0.2, 0) is 0 Å². The van der Waals surface area contributed by atoms with E-state index in [9.17, 15) is 5.26 Å². The van der Waals surface area contributed by atoms with Gasteiger partial charge in [0.15, 0.2) is 17.5 Å². The van der Waals surface area contributed by atoms with Gasteiger partial charge in [0.1, 0.15) is 11.2 Å². The molecule has 51 heavy (non-hydrogen) atoms. The van der Waals surface area contributed by atoms with Crippen molar-refractivity contribution in [1.29, 1.82) is 5.26 Å². The molecule has 2 heterocycles. The van der Waals surface area contributed by atoms with Crippen molar-refractivity contribution in [2.75, 3.05) is 0 Å². The summed E-state index contributed by atoms with van der Waals surface area (Å²) in [5.74, 6) is 1.71. The number of hydrogen-bond donors (Lipinski definition) is 0. The fourth-order valence-corrected chi connectivity index (χ4v) is 6.69. The van der Waals surface area contributed by atoms with Crippen LogP contribution in [0.3, 0.4) is 0 Å². The number of benzene rings is 7. The molecule has 9 aromatic rings. The normalized spacial score (nSPS) is 11.1. The van der Waals surface area contributed by atoms with Crippen LogP contribution in [-0.4, -0.2) is 15.0 Å². The van der Waals surface area contributed by atoms with Crippen molar-refractivity contribution in [2.24, 2.45) is 0 Å². The maximum Gasteiger partial charge on any atom is 0.164 e. The Balaban J connectivity index is 1.21. The first-order valence-corrected chi connectivity index (χ1v) is 16.7. The van der Waals surface area contributed by atoms with E-state index in [1.54, 1.807) is 0 Å². The molecule has 0 fully saturated rings. The third-order valence-corrected chi connectivity index (χ3v) is 9.20. The molecule has 0 saturated heterocycles. The van der Waals surface area contributed by atoms with Crippen LogP contribution < -0.4 is 0 Å². The molecule has 0 bridgehead atoms. The van der Waals surface area contributed by atoms with Crippen LogP contribution >= 0.6 is 0 Å². The van der Waals surface area contributed by atoms with E-state index in [0.29, 0.717) is 23.0 Å². The van der Waals surface area contributed by atoms with Gasteiger partial charge in [-0.15, -0.1) is 0 Å². The highest BCUT2D eigenvalue weighted by atomic mass is 16.3. The molecular weight excluding hydrogens is 625 g/mol. The first kappa shape index (κ1) is 29.9. The summed E-state index contributed by atoms with van der Waals surface area (Å²) in [4.78, 5) is 15.1. The Morgan fingerprint density at radius 3 is 1.57 bits per heavy atom. The summed E-state index contributed by atoms with van der Waals surface area (Å²) in [6.45, 7) is 0. The smallest absolute Gasteiger partial charge is 0.164 e. The van der Waals surface area contributed by atoms with Gasteiger partial charge in [0.2, 0.25) is 0 Å². The van der Waals surface area contributed by atoms with Crippen molar-refractivity contribution in [2.45, 2.75) is 0 Å². The Morgan fingerprint density at radius 2 is 0.922 bits per heavy atom. The molecular formula is C46H28N4O. The summed E-state index contributed by atoms with van der Waals surface area (Å²) in [6.07, 6.45) is 0. The molecule has 9 rings (SSSR count). The van der Waals surface area contributed by atoms with Crippen LogP contribution in [0.15, 0.2) is 174 Å². The number of rotatable bonds is 6. The molecule has 0 saturated carbocycles. The van der Waals surface area contributed by atoms with E-state index >= 15 is 0 Å². The molecule has 7 aromatic carbocycles. The molecule has 0 spiro atoms. The molecule has 238 valence electrons. The van der Waals surface area contributed by atoms with Crippen LogP contribution in [0, 0.1) is 11.3 Å². The van der Waals surface area contributed by atoms with Crippen LogP contribution in [0.5, 0.6) is 0 Å². The van der Waals surface area contributed by atoms with Gasteiger partial charge in [-0.1, -0.05) is 133 Å². The van der Waals surface area contributed by atoms with Gasteiger partial charge in [-0.3, -0.25) is 0 Å². The first-order valence-electron chi connectivity index (χ1n) is 16.7. The molecule has 0 amide bonds. The quantitative estimate of drug-likeness (QED) is 0.179. The Bertz CT molecular complexity index is 2730. The highest BCUT2D eigenvalue weighted by Gasteiger charge is 2.18. The lowest BCUT2D eigenvalue weighted by Crippen LogP contribution is -2.00. The van der Waals surface area contributed by atoms with Gasteiger partial charge in [-0.25, -0.2) is 15.0 Å². The molecule has 0 unspecified atom stereocenters. The maximum atomic E-state index is 9.37. The maximum absolute atomic E-state index is 9.37. The largest absolute Gasteiger partial charge is 0.456 e. The van der Waals surface area contributed by atoms with Crippen molar-refractivity contribution >= 4 is 21.9 Å². The van der Waals surface area contributed by atoms with Crippen molar-refractivity contribution < 1.29 is 4.42 Å². The number of aromatic nitrogens is 3. The molecule has 2 aromatic heterocycles. The Labute approximate surface area is 294 Å². The summed E-state index contributed by atoms with van der Waals surface area (Å²) >= 11 is 0. The standard InChI is InChI=1S/C46H28N4O/c47-29-30-19-21-33(22-20-30)37-25-23-35(27-40(37)32-13-6-2-7-14-32)45-48-44(34-15-8-3-9-16-34)49-46(50-45)36-24-26-39-42(28-36)51-41-18-10-17-38(43(39)41)31-11-4-1-5-12-31/h1-28H. The zero-order valence-corrected chi connectivity index (χ0v) is 27.4. The van der Waals surface area contributed by atoms with E-state index in [1.807, 2.05) is 97.1 Å². The van der Waals surface area contributed by atoms with E-state index in [2.05, 4.69) is 78.9 Å². The third kappa shape index (κ3) is 5.61. The van der Waals surface area contributed by atoms with Gasteiger partial charge in [0.05, 0.1) is 11.6 Å². The highest BCUT2D eigenvalue weighted by molar-refractivity contribution is 6.13. The number of nitriles is 1.